The Balaban J connectivity index is 2.72. The molecule has 1 atom stereocenters. The van der Waals surface area contributed by atoms with Crippen LogP contribution in [-0.2, 0) is 4.52 Å². The van der Waals surface area contributed by atoms with Crippen molar-refractivity contribution in [2.75, 3.05) is 19.2 Å². The van der Waals surface area contributed by atoms with Crippen LogP contribution in [0.3, 0.4) is 0 Å². The molecule has 1 unspecified atom stereocenters. The van der Waals surface area contributed by atoms with Crippen LogP contribution in [0.2, 0.25) is 0 Å². The summed E-state index contributed by atoms with van der Waals surface area (Å²) in [6.07, 6.45) is 0.814. The van der Waals surface area contributed by atoms with Gasteiger partial charge in [-0.3, -0.25) is 0 Å². The number of hydrogen-bond donors (Lipinski definition) is 1. The van der Waals surface area contributed by atoms with Crippen LogP contribution in [0.5, 0.6) is 0 Å². The molecule has 0 aromatic carbocycles. The van der Waals surface area contributed by atoms with Crippen molar-refractivity contribution in [3.8, 4) is 0 Å². The minimum Gasteiger partial charge on any atom is -0.350 e. The molecule has 0 radical (unpaired) electrons. The lowest BCUT2D eigenvalue weighted by Gasteiger charge is -2.01. The van der Waals surface area contributed by atoms with E-state index in [0.29, 0.717) is 12.5 Å². The quantitative estimate of drug-likeness (QED) is 0.380. The smallest absolute Gasteiger partial charge is 0.164 e. The highest BCUT2D eigenvalue weighted by molar-refractivity contribution is 7.45. The molecule has 0 aliphatic rings. The van der Waals surface area contributed by atoms with E-state index in [2.05, 4.69) is 0 Å². The Hall–Kier alpha value is 0.640. The van der Waals surface area contributed by atoms with Gasteiger partial charge in [-0.25, -0.2) is 0 Å². The summed E-state index contributed by atoms with van der Waals surface area (Å²) < 4.78 is 4.82. The molecule has 0 bridgehead atoms. The van der Waals surface area contributed by atoms with E-state index < -0.39 is 8.38 Å². The van der Waals surface area contributed by atoms with E-state index >= 15 is 0 Å². The van der Waals surface area contributed by atoms with Gasteiger partial charge >= 0.3 is 0 Å². The van der Waals surface area contributed by atoms with Crippen LogP contribution in [0.15, 0.2) is 0 Å². The second kappa shape index (κ2) is 5.77. The Labute approximate surface area is 55.7 Å². The monoisotopic (exact) mass is 156 g/mol. The normalized spacial score (nSPS) is 13.9. The summed E-state index contributed by atoms with van der Waals surface area (Å²) in [7, 11) is -1.17. The average Bonchev–Trinajstić information content (AvgIpc) is 1.66. The predicted molar refractivity (Wildman–Crippen MR) is 36.4 cm³/mol. The summed E-state index contributed by atoms with van der Waals surface area (Å²) in [4.78, 5) is 8.58. The van der Waals surface area contributed by atoms with Gasteiger partial charge in [0.25, 0.3) is 0 Å². The number of alkyl halides is 1. The van der Waals surface area contributed by atoms with Gasteiger partial charge in [-0.15, -0.1) is 11.6 Å². The number of rotatable bonds is 4. The predicted octanol–water partition coefficient (Wildman–Crippen LogP) is 1.57. The first-order valence-electron chi connectivity index (χ1n) is 2.39. The SMILES string of the molecule is CP(O)OCCCCl. The molecule has 0 saturated carbocycles. The lowest BCUT2D eigenvalue weighted by Crippen LogP contribution is -1.88. The fraction of sp³-hybridized carbons (Fsp3) is 1.00. The molecule has 0 heterocycles. The molecule has 0 amide bonds. The molecule has 8 heavy (non-hydrogen) atoms. The van der Waals surface area contributed by atoms with Crippen molar-refractivity contribution >= 4 is 20.0 Å². The van der Waals surface area contributed by atoms with Crippen molar-refractivity contribution in [2.24, 2.45) is 0 Å². The van der Waals surface area contributed by atoms with Crippen LogP contribution in [0.25, 0.3) is 0 Å². The zero-order valence-electron chi connectivity index (χ0n) is 4.80. The molecule has 50 valence electrons. The van der Waals surface area contributed by atoms with Gasteiger partial charge in [-0.05, 0) is 6.42 Å². The molecule has 0 aliphatic carbocycles. The molecule has 0 spiro atoms. The van der Waals surface area contributed by atoms with Gasteiger partial charge in [0.05, 0.1) is 6.61 Å². The number of hydrogen-bond acceptors (Lipinski definition) is 2. The summed E-state index contributed by atoms with van der Waals surface area (Å²) in [5.41, 5.74) is 0. The van der Waals surface area contributed by atoms with E-state index in [-0.39, 0.29) is 0 Å². The Kier molecular flexibility index (Phi) is 6.23. The molecule has 0 aliphatic heterocycles. The van der Waals surface area contributed by atoms with Crippen molar-refractivity contribution in [3.63, 3.8) is 0 Å². The zero-order valence-corrected chi connectivity index (χ0v) is 6.45. The first-order valence-corrected chi connectivity index (χ1v) is 4.58. The molecule has 1 N–H and O–H groups in total. The van der Waals surface area contributed by atoms with Gasteiger partial charge in [-0.1, -0.05) is 0 Å². The van der Waals surface area contributed by atoms with Crippen LogP contribution in [-0.4, -0.2) is 24.0 Å². The molecule has 4 heteroatoms. The van der Waals surface area contributed by atoms with Crippen LogP contribution in [0.1, 0.15) is 6.42 Å². The number of halogens is 1. The van der Waals surface area contributed by atoms with E-state index in [1.807, 2.05) is 0 Å². The van der Waals surface area contributed by atoms with Gasteiger partial charge in [0.2, 0.25) is 0 Å². The topological polar surface area (TPSA) is 29.5 Å². The fourth-order valence-electron chi connectivity index (χ4n) is 0.251. The van der Waals surface area contributed by atoms with Gasteiger partial charge in [-0.2, -0.15) is 0 Å². The minimum absolute atomic E-state index is 0.572. The van der Waals surface area contributed by atoms with Gasteiger partial charge in [0, 0.05) is 12.5 Å². The molecular weight excluding hydrogens is 146 g/mol. The van der Waals surface area contributed by atoms with Crippen molar-refractivity contribution in [3.05, 3.63) is 0 Å². The van der Waals surface area contributed by atoms with Crippen LogP contribution in [0, 0.1) is 0 Å². The van der Waals surface area contributed by atoms with E-state index in [4.69, 9.17) is 21.0 Å². The van der Waals surface area contributed by atoms with E-state index in [1.165, 1.54) is 0 Å². The van der Waals surface area contributed by atoms with Crippen molar-refractivity contribution in [1.29, 1.82) is 0 Å². The van der Waals surface area contributed by atoms with Crippen LogP contribution in [0.4, 0.5) is 0 Å². The van der Waals surface area contributed by atoms with Gasteiger partial charge in [0.1, 0.15) is 0 Å². The molecule has 0 aromatic rings. The Morgan fingerprint density at radius 3 is 2.75 bits per heavy atom. The summed E-state index contributed by atoms with van der Waals surface area (Å²) in [6, 6.07) is 0. The standard InChI is InChI=1S/C4H10ClO2P/c1-8(6)7-4-2-3-5/h6H,2-4H2,1H3. The summed E-state index contributed by atoms with van der Waals surface area (Å²) in [5.74, 6) is 0.600. The Bertz CT molecular complexity index is 51.3. The van der Waals surface area contributed by atoms with Crippen molar-refractivity contribution in [2.45, 2.75) is 6.42 Å². The molecule has 0 aromatic heterocycles. The first kappa shape index (κ1) is 8.64. The summed E-state index contributed by atoms with van der Waals surface area (Å²) in [5, 5.41) is 0. The highest BCUT2D eigenvalue weighted by Gasteiger charge is 1.92. The third kappa shape index (κ3) is 6.64. The fourth-order valence-corrected chi connectivity index (χ4v) is 0.754. The van der Waals surface area contributed by atoms with Crippen LogP contribution >= 0.6 is 20.0 Å². The summed E-state index contributed by atoms with van der Waals surface area (Å²) in [6.45, 7) is 2.21. The second-order valence-corrected chi connectivity index (χ2v) is 2.90. The lowest BCUT2D eigenvalue weighted by molar-refractivity contribution is 0.314. The zero-order chi connectivity index (χ0) is 6.41. The first-order chi connectivity index (χ1) is 3.77. The Morgan fingerprint density at radius 1 is 1.75 bits per heavy atom. The maximum atomic E-state index is 8.58. The molecule has 0 rings (SSSR count). The third-order valence-corrected chi connectivity index (χ3v) is 1.38. The third-order valence-electron chi connectivity index (χ3n) is 0.556. The van der Waals surface area contributed by atoms with Crippen LogP contribution < -0.4 is 0 Å². The van der Waals surface area contributed by atoms with E-state index in [9.17, 15) is 0 Å². The van der Waals surface area contributed by atoms with Crippen molar-refractivity contribution in [1.82, 2.24) is 0 Å². The van der Waals surface area contributed by atoms with Crippen molar-refractivity contribution < 1.29 is 9.42 Å². The van der Waals surface area contributed by atoms with Gasteiger partial charge in [0.15, 0.2) is 8.38 Å². The largest absolute Gasteiger partial charge is 0.350 e. The lowest BCUT2D eigenvalue weighted by atomic mass is 10.5. The molecule has 0 saturated heterocycles. The second-order valence-electron chi connectivity index (χ2n) is 1.34. The Morgan fingerprint density at radius 2 is 2.38 bits per heavy atom. The van der Waals surface area contributed by atoms with Gasteiger partial charge < -0.3 is 9.42 Å². The highest BCUT2D eigenvalue weighted by Crippen LogP contribution is 2.24. The van der Waals surface area contributed by atoms with E-state index in [1.54, 1.807) is 6.66 Å². The maximum absolute atomic E-state index is 8.58. The summed E-state index contributed by atoms with van der Waals surface area (Å²) >= 11 is 5.33. The minimum atomic E-state index is -1.17. The maximum Gasteiger partial charge on any atom is 0.164 e. The highest BCUT2D eigenvalue weighted by atomic mass is 35.5. The van der Waals surface area contributed by atoms with E-state index in [0.717, 1.165) is 6.42 Å². The molecule has 2 nitrogen and oxygen atoms in total. The average molecular weight is 157 g/mol. The molecule has 0 fully saturated rings. The molecular formula is C4H10ClO2P.